The number of benzene rings is 3. The van der Waals surface area contributed by atoms with Crippen LogP contribution in [0.5, 0.6) is 5.75 Å². The van der Waals surface area contributed by atoms with Crippen molar-refractivity contribution in [3.05, 3.63) is 93.7 Å². The van der Waals surface area contributed by atoms with E-state index in [1.807, 2.05) is 42.5 Å². The average molecular weight is 549 g/mol. The zero-order valence-corrected chi connectivity index (χ0v) is 22.8. The SMILES string of the molecule is Cc1ccc(C(C)C)c(OCCCCn2c(CCNC(=O)c3cccc(Br)c3)nc3ccccc32)c1. The van der Waals surface area contributed by atoms with Crippen LogP contribution in [0.2, 0.25) is 0 Å². The number of aromatic nitrogens is 2. The highest BCUT2D eigenvalue weighted by Gasteiger charge is 2.12. The number of imidazole rings is 1. The smallest absolute Gasteiger partial charge is 0.251 e. The first-order chi connectivity index (χ1) is 17.4. The number of ether oxygens (including phenoxy) is 1. The molecular weight excluding hydrogens is 514 g/mol. The van der Waals surface area contributed by atoms with Gasteiger partial charge in [-0.1, -0.05) is 60.1 Å². The third kappa shape index (κ3) is 6.55. The third-order valence-corrected chi connectivity index (χ3v) is 6.77. The molecule has 1 N–H and O–H groups in total. The molecule has 6 heteroatoms. The second kappa shape index (κ2) is 12.2. The van der Waals surface area contributed by atoms with Crippen molar-refractivity contribution in [1.29, 1.82) is 0 Å². The van der Waals surface area contributed by atoms with Crippen molar-refractivity contribution in [3.63, 3.8) is 0 Å². The van der Waals surface area contributed by atoms with Crippen LogP contribution >= 0.6 is 15.9 Å². The van der Waals surface area contributed by atoms with Gasteiger partial charge in [0.1, 0.15) is 11.6 Å². The van der Waals surface area contributed by atoms with Gasteiger partial charge in [-0.2, -0.15) is 0 Å². The maximum Gasteiger partial charge on any atom is 0.251 e. The standard InChI is InChI=1S/C30H34BrN3O2/c1-21(2)25-14-13-22(3)19-28(25)36-18-7-6-17-34-27-12-5-4-11-26(27)33-29(34)15-16-32-30(35)23-9-8-10-24(31)20-23/h4-5,8-14,19-21H,6-7,15-18H2,1-3H3,(H,32,35). The highest BCUT2D eigenvalue weighted by atomic mass is 79.9. The molecule has 1 aromatic heterocycles. The molecule has 188 valence electrons. The van der Waals surface area contributed by atoms with Crippen LogP contribution in [0.15, 0.2) is 71.2 Å². The monoisotopic (exact) mass is 547 g/mol. The maximum absolute atomic E-state index is 12.5. The van der Waals surface area contributed by atoms with E-state index in [4.69, 9.17) is 9.72 Å². The molecule has 0 aliphatic carbocycles. The molecule has 0 unspecified atom stereocenters. The molecule has 0 atom stereocenters. The molecule has 0 saturated heterocycles. The number of fused-ring (bicyclic) bond motifs is 1. The van der Waals surface area contributed by atoms with Gasteiger partial charge in [-0.25, -0.2) is 4.98 Å². The Balaban J connectivity index is 1.35. The van der Waals surface area contributed by atoms with E-state index in [1.54, 1.807) is 0 Å². The summed E-state index contributed by atoms with van der Waals surface area (Å²) in [5, 5.41) is 3.03. The van der Waals surface area contributed by atoms with E-state index in [9.17, 15) is 4.79 Å². The zero-order valence-electron chi connectivity index (χ0n) is 21.3. The first-order valence-electron chi connectivity index (χ1n) is 12.6. The van der Waals surface area contributed by atoms with Crippen molar-refractivity contribution in [1.82, 2.24) is 14.9 Å². The molecule has 0 saturated carbocycles. The lowest BCUT2D eigenvalue weighted by atomic mass is 10.0. The van der Waals surface area contributed by atoms with Crippen LogP contribution in [-0.4, -0.2) is 28.6 Å². The lowest BCUT2D eigenvalue weighted by Crippen LogP contribution is -2.26. The number of aryl methyl sites for hydroxylation is 2. The van der Waals surface area contributed by atoms with Crippen molar-refractivity contribution >= 4 is 32.9 Å². The second-order valence-corrected chi connectivity index (χ2v) is 10.4. The van der Waals surface area contributed by atoms with Gasteiger partial charge in [0.05, 0.1) is 17.6 Å². The van der Waals surface area contributed by atoms with Crippen LogP contribution in [0, 0.1) is 6.92 Å². The highest BCUT2D eigenvalue weighted by molar-refractivity contribution is 9.10. The third-order valence-electron chi connectivity index (χ3n) is 6.28. The van der Waals surface area contributed by atoms with Gasteiger partial charge < -0.3 is 14.6 Å². The van der Waals surface area contributed by atoms with Gasteiger partial charge in [0.15, 0.2) is 0 Å². The lowest BCUT2D eigenvalue weighted by molar-refractivity contribution is 0.0954. The fraction of sp³-hybridized carbons (Fsp3) is 0.333. The van der Waals surface area contributed by atoms with E-state index in [2.05, 4.69) is 70.9 Å². The number of halogens is 1. The molecule has 5 nitrogen and oxygen atoms in total. The number of carbonyl (C=O) groups is 1. The summed E-state index contributed by atoms with van der Waals surface area (Å²) in [6.45, 7) is 8.58. The van der Waals surface area contributed by atoms with Crippen molar-refractivity contribution in [2.24, 2.45) is 0 Å². The maximum atomic E-state index is 12.5. The summed E-state index contributed by atoms with van der Waals surface area (Å²) in [6, 6.07) is 22.1. The topological polar surface area (TPSA) is 56.1 Å². The van der Waals surface area contributed by atoms with E-state index in [1.165, 1.54) is 11.1 Å². The van der Waals surface area contributed by atoms with Crippen LogP contribution < -0.4 is 10.1 Å². The first kappa shape index (κ1) is 26.0. The number of unbranched alkanes of at least 4 members (excludes halogenated alkanes) is 1. The predicted octanol–water partition coefficient (Wildman–Crippen LogP) is 7.06. The molecule has 36 heavy (non-hydrogen) atoms. The van der Waals surface area contributed by atoms with E-state index < -0.39 is 0 Å². The summed E-state index contributed by atoms with van der Waals surface area (Å²) in [5.41, 5.74) is 5.24. The fourth-order valence-electron chi connectivity index (χ4n) is 4.38. The summed E-state index contributed by atoms with van der Waals surface area (Å²) >= 11 is 3.42. The Morgan fingerprint density at radius 2 is 1.89 bits per heavy atom. The summed E-state index contributed by atoms with van der Waals surface area (Å²) in [4.78, 5) is 17.4. The molecule has 0 aliphatic rings. The largest absolute Gasteiger partial charge is 0.493 e. The van der Waals surface area contributed by atoms with Crippen LogP contribution in [0.4, 0.5) is 0 Å². The number of amides is 1. The van der Waals surface area contributed by atoms with Crippen LogP contribution in [0.1, 0.15) is 59.9 Å². The number of nitrogens with one attached hydrogen (secondary N) is 1. The van der Waals surface area contributed by atoms with E-state index in [0.717, 1.165) is 46.5 Å². The molecule has 1 amide bonds. The van der Waals surface area contributed by atoms with Crippen molar-refractivity contribution in [2.75, 3.05) is 13.2 Å². The Labute approximate surface area is 222 Å². The second-order valence-electron chi connectivity index (χ2n) is 9.44. The normalized spacial score (nSPS) is 11.2. The molecule has 4 aromatic rings. The number of carbonyl (C=O) groups excluding carboxylic acids is 1. The molecule has 0 bridgehead atoms. The van der Waals surface area contributed by atoms with Gasteiger partial charge in [0.25, 0.3) is 5.91 Å². The van der Waals surface area contributed by atoms with Gasteiger partial charge in [0.2, 0.25) is 0 Å². The van der Waals surface area contributed by atoms with E-state index in [0.29, 0.717) is 31.1 Å². The van der Waals surface area contributed by atoms with Crippen LogP contribution in [0.25, 0.3) is 11.0 Å². The number of nitrogens with zero attached hydrogens (tertiary/aromatic N) is 2. The Kier molecular flexibility index (Phi) is 8.81. The van der Waals surface area contributed by atoms with E-state index in [-0.39, 0.29) is 5.91 Å². The summed E-state index contributed by atoms with van der Waals surface area (Å²) in [7, 11) is 0. The Hall–Kier alpha value is -3.12. The molecule has 0 fully saturated rings. The molecule has 0 aliphatic heterocycles. The van der Waals surface area contributed by atoms with Crippen LogP contribution in [0.3, 0.4) is 0 Å². The first-order valence-corrected chi connectivity index (χ1v) is 13.4. The van der Waals surface area contributed by atoms with Crippen molar-refractivity contribution < 1.29 is 9.53 Å². The minimum Gasteiger partial charge on any atom is -0.493 e. The van der Waals surface area contributed by atoms with Gasteiger partial charge >= 0.3 is 0 Å². The molecule has 1 heterocycles. The molecular formula is C30H34BrN3O2. The number of para-hydroxylation sites is 2. The fourth-order valence-corrected chi connectivity index (χ4v) is 4.78. The van der Waals surface area contributed by atoms with Crippen molar-refractivity contribution in [3.8, 4) is 5.75 Å². The lowest BCUT2D eigenvalue weighted by Gasteiger charge is -2.15. The van der Waals surface area contributed by atoms with Crippen molar-refractivity contribution in [2.45, 2.75) is 52.5 Å². The molecule has 0 spiro atoms. The number of hydrogen-bond donors (Lipinski definition) is 1. The molecule has 3 aromatic carbocycles. The molecule has 0 radical (unpaired) electrons. The highest BCUT2D eigenvalue weighted by Crippen LogP contribution is 2.27. The number of hydrogen-bond acceptors (Lipinski definition) is 3. The summed E-state index contributed by atoms with van der Waals surface area (Å²) < 4.78 is 9.36. The minimum absolute atomic E-state index is 0.0759. The van der Waals surface area contributed by atoms with Gasteiger partial charge in [0, 0.05) is 29.5 Å². The Morgan fingerprint density at radius 3 is 2.69 bits per heavy atom. The summed E-state index contributed by atoms with van der Waals surface area (Å²) in [5.74, 6) is 2.35. The summed E-state index contributed by atoms with van der Waals surface area (Å²) in [6.07, 6.45) is 2.61. The Morgan fingerprint density at radius 1 is 1.06 bits per heavy atom. The van der Waals surface area contributed by atoms with Gasteiger partial charge in [-0.05, 0) is 73.2 Å². The van der Waals surface area contributed by atoms with E-state index >= 15 is 0 Å². The number of rotatable bonds is 11. The van der Waals surface area contributed by atoms with Gasteiger partial charge in [-0.15, -0.1) is 0 Å². The minimum atomic E-state index is -0.0759. The van der Waals surface area contributed by atoms with Crippen LogP contribution in [-0.2, 0) is 13.0 Å². The predicted molar refractivity (Wildman–Crippen MR) is 150 cm³/mol. The molecule has 4 rings (SSSR count). The zero-order chi connectivity index (χ0) is 25.5. The average Bonchev–Trinajstić information content (AvgIpc) is 3.21. The quantitative estimate of drug-likeness (QED) is 0.204. The van der Waals surface area contributed by atoms with Gasteiger partial charge in [-0.3, -0.25) is 4.79 Å². The Bertz CT molecular complexity index is 1330.